The van der Waals surface area contributed by atoms with Gasteiger partial charge in [-0.3, -0.25) is 14.5 Å². The van der Waals surface area contributed by atoms with E-state index in [1.165, 1.54) is 11.3 Å². The molecule has 2 amide bonds. The first-order chi connectivity index (χ1) is 33.7. The van der Waals surface area contributed by atoms with Crippen LogP contribution in [0.1, 0.15) is 91.7 Å². The number of thiazole rings is 1. The van der Waals surface area contributed by atoms with Gasteiger partial charge in [-0.25, -0.2) is 4.98 Å². The highest BCUT2D eigenvalue weighted by Crippen LogP contribution is 2.37. The van der Waals surface area contributed by atoms with E-state index in [2.05, 4.69) is 73.6 Å². The number of carbonyl (C=O) groups excluding carboxylic acids is 2. The molecule has 0 spiro atoms. The van der Waals surface area contributed by atoms with Crippen LogP contribution in [0.4, 0.5) is 11.5 Å². The Bertz CT molecular complexity index is 2660. The minimum absolute atomic E-state index is 0.0339. The van der Waals surface area contributed by atoms with Gasteiger partial charge in [-0.2, -0.15) is 20.5 Å². The smallest absolute Gasteiger partial charge is 0.318 e. The fourth-order valence-electron chi connectivity index (χ4n) is 9.95. The molecule has 2 aromatic heterocycles. The van der Waals surface area contributed by atoms with Crippen molar-refractivity contribution in [1.29, 1.82) is 10.5 Å². The van der Waals surface area contributed by atoms with Crippen molar-refractivity contribution in [2.24, 2.45) is 0 Å². The van der Waals surface area contributed by atoms with E-state index in [4.69, 9.17) is 26.3 Å². The first-order valence-electron chi connectivity index (χ1n) is 24.4. The third-order valence-electron chi connectivity index (χ3n) is 13.6. The molecule has 16 heteroatoms. The first-order valence-corrected chi connectivity index (χ1v) is 25.7. The Hall–Kier alpha value is -6.10. The van der Waals surface area contributed by atoms with Gasteiger partial charge >= 0.3 is 6.01 Å². The Kier molecular flexibility index (Phi) is 17.1. The Morgan fingerprint density at radius 2 is 1.91 bits per heavy atom. The van der Waals surface area contributed by atoms with E-state index in [1.54, 1.807) is 24.2 Å². The van der Waals surface area contributed by atoms with Gasteiger partial charge in [0.2, 0.25) is 5.91 Å². The van der Waals surface area contributed by atoms with E-state index in [-0.39, 0.29) is 35.5 Å². The zero-order valence-corrected chi connectivity index (χ0v) is 41.3. The molecule has 0 saturated carbocycles. The molecular formula is C53H62ClN11O3S. The summed E-state index contributed by atoms with van der Waals surface area (Å²) in [6.45, 7) is 8.84. The number of likely N-dealkylation sites (N-methyl/N-ethyl adjacent to an activating group) is 1. The molecule has 5 heterocycles. The van der Waals surface area contributed by atoms with Crippen molar-refractivity contribution in [3.8, 4) is 18.1 Å². The maximum absolute atomic E-state index is 13.3. The van der Waals surface area contributed by atoms with Crippen molar-refractivity contribution < 1.29 is 14.3 Å². The predicted molar refractivity (Wildman–Crippen MR) is 273 cm³/mol. The van der Waals surface area contributed by atoms with Crippen LogP contribution >= 0.6 is 22.9 Å². The molecule has 3 atom stereocenters. The number of fused-ring (bicyclic) bond motifs is 2. The fourth-order valence-corrected chi connectivity index (χ4v) is 10.8. The van der Waals surface area contributed by atoms with Gasteiger partial charge in [0.05, 0.1) is 35.8 Å². The van der Waals surface area contributed by atoms with Crippen molar-refractivity contribution in [2.75, 3.05) is 69.3 Å². The number of hydrogen-bond donors (Lipinski definition) is 2. The summed E-state index contributed by atoms with van der Waals surface area (Å²) in [6, 6.07) is 25.4. The number of nitrogens with one attached hydrogen (secondary N) is 2. The van der Waals surface area contributed by atoms with Crippen LogP contribution in [-0.2, 0) is 29.0 Å². The van der Waals surface area contributed by atoms with Crippen LogP contribution in [0.3, 0.4) is 0 Å². The quantitative estimate of drug-likeness (QED) is 0.0436. The number of halogens is 1. The van der Waals surface area contributed by atoms with Gasteiger partial charge in [-0.15, -0.1) is 11.3 Å². The summed E-state index contributed by atoms with van der Waals surface area (Å²) in [5.41, 5.74) is 5.32. The summed E-state index contributed by atoms with van der Waals surface area (Å²) in [5, 5.41) is 31.2. The van der Waals surface area contributed by atoms with Gasteiger partial charge in [0.25, 0.3) is 5.91 Å². The van der Waals surface area contributed by atoms with Crippen LogP contribution in [0.2, 0.25) is 5.02 Å². The molecule has 360 valence electrons. The van der Waals surface area contributed by atoms with E-state index >= 15 is 0 Å². The molecule has 5 aromatic rings. The van der Waals surface area contributed by atoms with Crippen molar-refractivity contribution in [2.45, 2.75) is 95.8 Å². The minimum atomic E-state index is -0.330. The van der Waals surface area contributed by atoms with Gasteiger partial charge < -0.3 is 30.1 Å². The van der Waals surface area contributed by atoms with Crippen molar-refractivity contribution in [3.05, 3.63) is 110 Å². The summed E-state index contributed by atoms with van der Waals surface area (Å²) >= 11 is 8.17. The Labute approximate surface area is 414 Å². The average Bonchev–Trinajstić information content (AvgIpc) is 4.07. The number of piperazine rings is 1. The molecule has 0 aliphatic carbocycles. The maximum atomic E-state index is 13.3. The highest BCUT2D eigenvalue weighted by molar-refractivity contribution is 7.10. The number of nitrogens with zero attached hydrogens (tertiary/aromatic N) is 9. The molecule has 14 nitrogen and oxygen atoms in total. The van der Waals surface area contributed by atoms with E-state index in [0.29, 0.717) is 56.5 Å². The molecule has 0 radical (unpaired) electrons. The molecule has 2 N–H and O–H groups in total. The van der Waals surface area contributed by atoms with Gasteiger partial charge in [0.15, 0.2) is 0 Å². The predicted octanol–water partition coefficient (Wildman–Crippen LogP) is 8.27. The number of ether oxygens (including phenoxy) is 1. The number of aromatic nitrogens is 3. The van der Waals surface area contributed by atoms with Crippen LogP contribution in [-0.4, -0.2) is 108 Å². The summed E-state index contributed by atoms with van der Waals surface area (Å²) in [6.07, 6.45) is 11.1. The van der Waals surface area contributed by atoms with Gasteiger partial charge in [-0.1, -0.05) is 73.5 Å². The molecule has 2 fully saturated rings. The van der Waals surface area contributed by atoms with E-state index < -0.39 is 0 Å². The average molecular weight is 969 g/mol. The molecule has 0 bridgehead atoms. The summed E-state index contributed by atoms with van der Waals surface area (Å²) in [7, 11) is 1.75. The summed E-state index contributed by atoms with van der Waals surface area (Å²) in [5.74, 6) is 0.621. The highest BCUT2D eigenvalue weighted by atomic mass is 35.5. The highest BCUT2D eigenvalue weighted by Gasteiger charge is 2.31. The van der Waals surface area contributed by atoms with Crippen LogP contribution < -0.4 is 25.2 Å². The zero-order chi connectivity index (χ0) is 48.1. The number of amides is 2. The van der Waals surface area contributed by atoms with E-state index in [9.17, 15) is 20.1 Å². The molecule has 3 unspecified atom stereocenters. The summed E-state index contributed by atoms with van der Waals surface area (Å²) in [4.78, 5) is 49.4. The number of likely N-dealkylation sites (tertiary alicyclic amines) is 1. The Morgan fingerprint density at radius 1 is 1.07 bits per heavy atom. The number of rotatable bonds is 20. The number of hydrogen-bond acceptors (Lipinski definition) is 13. The van der Waals surface area contributed by atoms with Crippen molar-refractivity contribution in [1.82, 2.24) is 35.4 Å². The largest absolute Gasteiger partial charge is 0.462 e. The monoisotopic (exact) mass is 967 g/mol. The zero-order valence-electron chi connectivity index (χ0n) is 39.7. The standard InChI is InChI=1S/C53H62ClN11O3S/c1-3-9-46(62(2)52(67)40(33-56)32-49-59-26-31-69-49)38-18-15-37(16-19-38)17-20-48(66)58-24-4-5-27-63-28-8-12-42(63)36-68-53-60-45-35-64(47-14-7-11-39-10-6-13-44(54)50(39)47)29-22-43(45)51(61-53)65-30-25-57-41(34-65)21-23-55/h6-7,10-11,13-16,18-19,26,31-32,41-42,46,57H,3-5,8-9,12,17,20-22,24-25,27-30,34-36H2,1-2H3,(H,58,66)/b40-32+. The summed E-state index contributed by atoms with van der Waals surface area (Å²) < 4.78 is 6.54. The topological polar surface area (TPSA) is 167 Å². The van der Waals surface area contributed by atoms with Crippen molar-refractivity contribution >= 4 is 63.1 Å². The maximum Gasteiger partial charge on any atom is 0.318 e. The van der Waals surface area contributed by atoms with Crippen molar-refractivity contribution in [3.63, 3.8) is 0 Å². The number of unbranched alkanes of at least 4 members (excludes halogenated alkanes) is 1. The second-order valence-corrected chi connectivity index (χ2v) is 19.5. The third-order valence-corrected chi connectivity index (χ3v) is 14.6. The lowest BCUT2D eigenvalue weighted by Crippen LogP contribution is -2.51. The first kappa shape index (κ1) is 49.3. The molecule has 2 saturated heterocycles. The normalized spacial score (nSPS) is 17.8. The van der Waals surface area contributed by atoms with Gasteiger partial charge in [0, 0.05) is 86.5 Å². The second-order valence-electron chi connectivity index (χ2n) is 18.2. The molecule has 69 heavy (non-hydrogen) atoms. The van der Waals surface area contributed by atoms with Crippen LogP contribution in [0.25, 0.3) is 16.8 Å². The molecule has 3 aliphatic heterocycles. The molecule has 3 aromatic carbocycles. The second kappa shape index (κ2) is 24.0. The lowest BCUT2D eigenvalue weighted by atomic mass is 9.98. The van der Waals surface area contributed by atoms with Gasteiger partial charge in [-0.05, 0) is 92.8 Å². The number of nitriles is 2. The Morgan fingerprint density at radius 3 is 2.70 bits per heavy atom. The van der Waals surface area contributed by atoms with Gasteiger partial charge in [0.1, 0.15) is 29.1 Å². The SMILES string of the molecule is CCCC(c1ccc(CCC(=O)NCCCCN2CCCC2COc2nc3c(c(N4CCNC(CC#N)C4)n2)CCN(c2cccc4cccc(Cl)c24)C3)cc1)N(C)C(=O)/C(C#N)=C/c1nccs1. The molecular weight excluding hydrogens is 906 g/mol. The number of anilines is 2. The lowest BCUT2D eigenvalue weighted by molar-refractivity contribution is -0.127. The van der Waals surface area contributed by atoms with Crippen LogP contribution in [0, 0.1) is 22.7 Å². The minimum Gasteiger partial charge on any atom is -0.462 e. The molecule has 3 aliphatic rings. The fraction of sp³-hybridized carbons (Fsp3) is 0.453. The number of benzene rings is 3. The number of aryl methyl sites for hydroxylation is 1. The van der Waals surface area contributed by atoms with Crippen LogP contribution in [0.15, 0.2) is 77.8 Å². The lowest BCUT2D eigenvalue weighted by Gasteiger charge is -2.37. The van der Waals surface area contributed by atoms with Crippen LogP contribution in [0.5, 0.6) is 6.01 Å². The Balaban J connectivity index is 0.815. The van der Waals surface area contributed by atoms with E-state index in [0.717, 1.165) is 127 Å². The third kappa shape index (κ3) is 12.4. The number of carbonyl (C=O) groups is 2. The molecule has 8 rings (SSSR count). The van der Waals surface area contributed by atoms with E-state index in [1.807, 2.05) is 41.8 Å².